The van der Waals surface area contributed by atoms with E-state index >= 15 is 0 Å². The molecule has 0 spiro atoms. The second-order valence-corrected chi connectivity index (χ2v) is 4.41. The molecule has 0 aliphatic heterocycles. The second-order valence-electron chi connectivity index (χ2n) is 3.56. The molecule has 1 aromatic rings. The zero-order valence-electron chi connectivity index (χ0n) is 9.31. The number of benzene rings is 1. The van der Waals surface area contributed by atoms with Gasteiger partial charge in [0.25, 0.3) is 0 Å². The molecule has 0 aromatic heterocycles. The van der Waals surface area contributed by atoms with Crippen LogP contribution in [0.5, 0.6) is 5.75 Å². The molecule has 0 unspecified atom stereocenters. The van der Waals surface area contributed by atoms with Crippen LogP contribution >= 0.6 is 28.3 Å². The van der Waals surface area contributed by atoms with Crippen molar-refractivity contribution in [1.29, 1.82) is 0 Å². The van der Waals surface area contributed by atoms with Crippen molar-refractivity contribution in [2.24, 2.45) is 5.73 Å². The monoisotopic (exact) mass is 323 g/mol. The highest BCUT2D eigenvalue weighted by atomic mass is 79.9. The highest BCUT2D eigenvalue weighted by Gasteiger charge is 2.21. The molecule has 0 fully saturated rings. The number of phenolic OH excluding ortho intramolecular Hbond substituents is 1. The highest BCUT2D eigenvalue weighted by Crippen LogP contribution is 2.35. The Balaban J connectivity index is 0.00000256. The first-order valence-corrected chi connectivity index (χ1v) is 5.78. The Morgan fingerprint density at radius 3 is 2.59 bits per heavy atom. The number of nitrogens with two attached hydrogens (primary N) is 1. The molecule has 0 radical (unpaired) electrons. The van der Waals surface area contributed by atoms with Gasteiger partial charge in [-0.25, -0.2) is 4.79 Å². The number of aromatic hydroxyl groups is 1. The van der Waals surface area contributed by atoms with Gasteiger partial charge >= 0.3 is 5.97 Å². The van der Waals surface area contributed by atoms with E-state index in [0.717, 1.165) is 6.42 Å². The van der Waals surface area contributed by atoms with Crippen molar-refractivity contribution in [1.82, 2.24) is 0 Å². The van der Waals surface area contributed by atoms with Crippen molar-refractivity contribution in [3.8, 4) is 5.75 Å². The Hall–Kier alpha value is -0.780. The first-order chi connectivity index (χ1) is 7.49. The summed E-state index contributed by atoms with van der Waals surface area (Å²) in [5.74, 6) is -1.16. The van der Waals surface area contributed by atoms with Crippen molar-refractivity contribution in [3.63, 3.8) is 0 Å². The van der Waals surface area contributed by atoms with Crippen molar-refractivity contribution >= 4 is 34.3 Å². The first kappa shape index (κ1) is 16.2. The molecule has 1 rings (SSSR count). The lowest BCUT2D eigenvalue weighted by Crippen LogP contribution is -2.15. The van der Waals surface area contributed by atoms with Crippen LogP contribution in [0.1, 0.15) is 41.7 Å². The van der Waals surface area contributed by atoms with Crippen molar-refractivity contribution < 1.29 is 15.0 Å². The maximum Gasteiger partial charge on any atom is 0.336 e. The lowest BCUT2D eigenvalue weighted by molar-refractivity contribution is 0.0694. The third kappa shape index (κ3) is 3.59. The molecule has 0 amide bonds. The number of carbonyl (C=O) groups is 1. The number of carboxylic acid groups (broad SMARTS) is 1. The molecule has 6 heteroatoms. The standard InChI is InChI=1S/C11H14BrNO3.ClH/c1-2-3-8(13)9-6(11(15)16)4-5-7(12)10(9)14;/h4-5,8,14H,2-3,13H2,1H3,(H,15,16);1H/t8-;/m1./s1. The number of phenols is 1. The van der Waals surface area contributed by atoms with Crippen molar-refractivity contribution in [3.05, 3.63) is 27.7 Å². The summed E-state index contributed by atoms with van der Waals surface area (Å²) in [6.07, 6.45) is 1.45. The van der Waals surface area contributed by atoms with E-state index in [0.29, 0.717) is 16.5 Å². The largest absolute Gasteiger partial charge is 0.506 e. The molecule has 4 nitrogen and oxygen atoms in total. The summed E-state index contributed by atoms with van der Waals surface area (Å²) in [6.45, 7) is 1.95. The summed E-state index contributed by atoms with van der Waals surface area (Å²) in [5, 5.41) is 18.9. The third-order valence-corrected chi connectivity index (χ3v) is 3.01. The van der Waals surface area contributed by atoms with Gasteiger partial charge in [0.15, 0.2) is 0 Å². The Kier molecular flexibility index (Phi) is 6.52. The van der Waals surface area contributed by atoms with Gasteiger partial charge in [0.05, 0.1) is 10.0 Å². The second kappa shape index (κ2) is 6.83. The summed E-state index contributed by atoms with van der Waals surface area (Å²) < 4.78 is 0.457. The first-order valence-electron chi connectivity index (χ1n) is 4.99. The summed E-state index contributed by atoms with van der Waals surface area (Å²) in [4.78, 5) is 11.0. The van der Waals surface area contributed by atoms with Crippen LogP contribution in [-0.4, -0.2) is 16.2 Å². The Morgan fingerprint density at radius 2 is 2.12 bits per heavy atom. The molecular formula is C11H15BrClNO3. The fraction of sp³-hybridized carbons (Fsp3) is 0.364. The zero-order valence-corrected chi connectivity index (χ0v) is 11.7. The average molecular weight is 325 g/mol. The van der Waals surface area contributed by atoms with E-state index in [4.69, 9.17) is 10.8 Å². The fourth-order valence-electron chi connectivity index (χ4n) is 1.60. The van der Waals surface area contributed by atoms with E-state index < -0.39 is 12.0 Å². The van der Waals surface area contributed by atoms with Gasteiger partial charge in [0, 0.05) is 11.6 Å². The van der Waals surface area contributed by atoms with E-state index in [1.165, 1.54) is 12.1 Å². The van der Waals surface area contributed by atoms with Gasteiger partial charge in [-0.05, 0) is 34.5 Å². The van der Waals surface area contributed by atoms with E-state index in [1.54, 1.807) is 0 Å². The lowest BCUT2D eigenvalue weighted by atomic mass is 9.96. The number of rotatable bonds is 4. The molecule has 0 heterocycles. The average Bonchev–Trinajstić information content (AvgIpc) is 2.21. The smallest absolute Gasteiger partial charge is 0.336 e. The van der Waals surface area contributed by atoms with Gasteiger partial charge in [0.1, 0.15) is 5.75 Å². The van der Waals surface area contributed by atoms with Crippen LogP contribution in [0, 0.1) is 0 Å². The van der Waals surface area contributed by atoms with Gasteiger partial charge in [-0.15, -0.1) is 12.4 Å². The zero-order chi connectivity index (χ0) is 12.3. The van der Waals surface area contributed by atoms with Crippen LogP contribution in [0.4, 0.5) is 0 Å². The van der Waals surface area contributed by atoms with Crippen LogP contribution in [-0.2, 0) is 0 Å². The molecule has 0 aliphatic carbocycles. The van der Waals surface area contributed by atoms with Gasteiger partial charge in [0.2, 0.25) is 0 Å². The summed E-state index contributed by atoms with van der Waals surface area (Å²) in [5.41, 5.74) is 6.22. The number of carboxylic acids is 1. The number of aromatic carboxylic acids is 1. The highest BCUT2D eigenvalue weighted by molar-refractivity contribution is 9.10. The molecule has 0 saturated heterocycles. The van der Waals surface area contributed by atoms with Gasteiger partial charge < -0.3 is 15.9 Å². The minimum atomic E-state index is -1.08. The van der Waals surface area contributed by atoms with E-state index in [2.05, 4.69) is 15.9 Å². The predicted octanol–water partition coefficient (Wildman–Crippen LogP) is 3.07. The molecule has 1 aromatic carbocycles. The molecular weight excluding hydrogens is 309 g/mol. The predicted molar refractivity (Wildman–Crippen MR) is 71.9 cm³/mol. The molecule has 17 heavy (non-hydrogen) atoms. The maximum absolute atomic E-state index is 11.0. The Morgan fingerprint density at radius 1 is 1.53 bits per heavy atom. The number of hydrogen-bond acceptors (Lipinski definition) is 3. The quantitative estimate of drug-likeness (QED) is 0.794. The lowest BCUT2D eigenvalue weighted by Gasteiger charge is -2.16. The maximum atomic E-state index is 11.0. The Labute approximate surface area is 114 Å². The van der Waals surface area contributed by atoms with Gasteiger partial charge in [-0.3, -0.25) is 0 Å². The van der Waals surface area contributed by atoms with Crippen molar-refractivity contribution in [2.75, 3.05) is 0 Å². The molecule has 4 N–H and O–H groups in total. The number of halogens is 2. The summed E-state index contributed by atoms with van der Waals surface area (Å²) in [7, 11) is 0. The molecule has 1 atom stereocenters. The Bertz CT molecular complexity index is 412. The van der Waals surface area contributed by atoms with E-state index in [1.807, 2.05) is 6.92 Å². The molecule has 0 bridgehead atoms. The summed E-state index contributed by atoms with van der Waals surface area (Å²) >= 11 is 3.15. The molecule has 0 saturated carbocycles. The van der Waals surface area contributed by atoms with Gasteiger partial charge in [-0.2, -0.15) is 0 Å². The van der Waals surface area contributed by atoms with Crippen LogP contribution in [0.25, 0.3) is 0 Å². The summed E-state index contributed by atoms with van der Waals surface area (Å²) in [6, 6.07) is 2.48. The minimum Gasteiger partial charge on any atom is -0.506 e. The van der Waals surface area contributed by atoms with Crippen LogP contribution in [0.3, 0.4) is 0 Å². The topological polar surface area (TPSA) is 83.6 Å². The van der Waals surface area contributed by atoms with Crippen LogP contribution in [0.15, 0.2) is 16.6 Å². The normalized spacial score (nSPS) is 11.7. The third-order valence-electron chi connectivity index (χ3n) is 2.37. The number of hydrogen-bond donors (Lipinski definition) is 3. The van der Waals surface area contributed by atoms with Crippen LogP contribution in [0.2, 0.25) is 0 Å². The minimum absolute atomic E-state index is 0. The molecule has 0 aliphatic rings. The molecule has 96 valence electrons. The van der Waals surface area contributed by atoms with E-state index in [9.17, 15) is 9.90 Å². The fourth-order valence-corrected chi connectivity index (χ4v) is 1.94. The van der Waals surface area contributed by atoms with Crippen LogP contribution < -0.4 is 5.73 Å². The SMILES string of the molecule is CCC[C@@H](N)c1c(C(=O)O)ccc(Br)c1O.Cl. The van der Waals surface area contributed by atoms with Gasteiger partial charge in [-0.1, -0.05) is 13.3 Å². The van der Waals surface area contributed by atoms with E-state index in [-0.39, 0.29) is 23.7 Å². The van der Waals surface area contributed by atoms with Crippen molar-refractivity contribution in [2.45, 2.75) is 25.8 Å².